The first kappa shape index (κ1) is 15.6. The Morgan fingerprint density at radius 3 is 2.87 bits per heavy atom. The number of H-pyrrole nitrogens is 1. The number of nitrogens with one attached hydrogen (secondary N) is 3. The second-order valence-electron chi connectivity index (χ2n) is 5.17. The summed E-state index contributed by atoms with van der Waals surface area (Å²) < 4.78 is 5.06. The van der Waals surface area contributed by atoms with Gasteiger partial charge in [-0.05, 0) is 30.3 Å². The third-order valence-corrected chi connectivity index (χ3v) is 3.93. The fraction of sp³-hybridized carbons (Fsp3) is 0.235. The summed E-state index contributed by atoms with van der Waals surface area (Å²) >= 11 is 6.17. The molecule has 0 saturated carbocycles. The highest BCUT2D eigenvalue weighted by molar-refractivity contribution is 6.32. The number of ether oxygens (including phenoxy) is 1. The number of aromatic nitrogens is 2. The summed E-state index contributed by atoms with van der Waals surface area (Å²) in [5, 5.41) is 8.22. The molecule has 0 amide bonds. The van der Waals surface area contributed by atoms with Crippen LogP contribution in [0.3, 0.4) is 0 Å². The largest absolute Gasteiger partial charge is 0.481 e. The molecule has 0 radical (unpaired) electrons. The van der Waals surface area contributed by atoms with E-state index in [1.54, 1.807) is 13.2 Å². The van der Waals surface area contributed by atoms with Crippen molar-refractivity contribution in [2.75, 3.05) is 19.0 Å². The van der Waals surface area contributed by atoms with Crippen LogP contribution in [0, 0.1) is 0 Å². The number of aromatic amines is 1. The Bertz CT molecular complexity index is 815. The molecule has 0 saturated heterocycles. The summed E-state index contributed by atoms with van der Waals surface area (Å²) in [5.41, 5.74) is 4.03. The highest BCUT2D eigenvalue weighted by Crippen LogP contribution is 2.28. The van der Waals surface area contributed by atoms with E-state index in [-0.39, 0.29) is 0 Å². The van der Waals surface area contributed by atoms with Crippen LogP contribution in [0.5, 0.6) is 5.88 Å². The second kappa shape index (κ2) is 6.89. The van der Waals surface area contributed by atoms with Crippen molar-refractivity contribution in [1.29, 1.82) is 0 Å². The van der Waals surface area contributed by atoms with E-state index < -0.39 is 0 Å². The van der Waals surface area contributed by atoms with Crippen molar-refractivity contribution in [2.45, 2.75) is 13.5 Å². The minimum Gasteiger partial charge on any atom is -0.481 e. The molecule has 120 valence electrons. The Morgan fingerprint density at radius 1 is 1.26 bits per heavy atom. The number of anilines is 2. The summed E-state index contributed by atoms with van der Waals surface area (Å²) in [6.07, 6.45) is 2.04. The van der Waals surface area contributed by atoms with Crippen molar-refractivity contribution in [2.24, 2.45) is 0 Å². The number of hydrogen-bond donors (Lipinski definition) is 3. The summed E-state index contributed by atoms with van der Waals surface area (Å²) in [4.78, 5) is 7.46. The molecule has 0 aliphatic rings. The highest BCUT2D eigenvalue weighted by Gasteiger charge is 2.07. The molecule has 3 rings (SSSR count). The number of hydrogen-bond acceptors (Lipinski definition) is 4. The number of nitrogens with zero attached hydrogens (tertiary/aromatic N) is 1. The van der Waals surface area contributed by atoms with Crippen molar-refractivity contribution in [1.82, 2.24) is 15.3 Å². The summed E-state index contributed by atoms with van der Waals surface area (Å²) in [5.74, 6) is 0.494. The smallest absolute Gasteiger partial charge is 0.214 e. The van der Waals surface area contributed by atoms with E-state index in [4.69, 9.17) is 16.3 Å². The molecule has 2 aromatic heterocycles. The molecule has 0 aliphatic carbocycles. The van der Waals surface area contributed by atoms with E-state index in [1.165, 1.54) is 10.9 Å². The van der Waals surface area contributed by atoms with Crippen LogP contribution >= 0.6 is 11.6 Å². The number of methoxy groups -OCH3 is 1. The maximum absolute atomic E-state index is 6.17. The molecule has 0 aliphatic heterocycles. The quantitative estimate of drug-likeness (QED) is 0.596. The molecule has 1 aromatic carbocycles. The number of fused-ring (bicyclic) bond motifs is 1. The zero-order chi connectivity index (χ0) is 16.2. The van der Waals surface area contributed by atoms with E-state index in [0.29, 0.717) is 11.0 Å². The SMILES string of the molecule is CCNCc1c[nH]c2cc(Nc3ccc(OC)nc3Cl)ccc12. The lowest BCUT2D eigenvalue weighted by Gasteiger charge is -2.09. The first-order chi connectivity index (χ1) is 11.2. The zero-order valence-corrected chi connectivity index (χ0v) is 13.9. The number of halogens is 1. The van der Waals surface area contributed by atoms with Gasteiger partial charge < -0.3 is 20.4 Å². The first-order valence-electron chi connectivity index (χ1n) is 7.49. The fourth-order valence-corrected chi connectivity index (χ4v) is 2.64. The van der Waals surface area contributed by atoms with Crippen molar-refractivity contribution in [3.8, 4) is 5.88 Å². The van der Waals surface area contributed by atoms with E-state index in [0.717, 1.165) is 30.0 Å². The van der Waals surface area contributed by atoms with E-state index in [2.05, 4.69) is 39.7 Å². The molecule has 0 spiro atoms. The molecule has 0 fully saturated rings. The monoisotopic (exact) mass is 330 g/mol. The number of rotatable bonds is 6. The van der Waals surface area contributed by atoms with Gasteiger partial charge in [-0.1, -0.05) is 24.6 Å². The molecular weight excluding hydrogens is 312 g/mol. The minimum atomic E-state index is 0.378. The maximum atomic E-state index is 6.17. The molecule has 6 heteroatoms. The van der Waals surface area contributed by atoms with Crippen molar-refractivity contribution in [3.05, 3.63) is 47.2 Å². The molecular formula is C17H19ClN4O. The normalized spacial score (nSPS) is 10.9. The Morgan fingerprint density at radius 2 is 2.13 bits per heavy atom. The Kier molecular flexibility index (Phi) is 4.69. The van der Waals surface area contributed by atoms with Crippen LogP contribution in [0.2, 0.25) is 5.15 Å². The van der Waals surface area contributed by atoms with Gasteiger partial charge in [-0.25, -0.2) is 0 Å². The molecule has 0 bridgehead atoms. The number of benzene rings is 1. The van der Waals surface area contributed by atoms with Gasteiger partial charge in [0.25, 0.3) is 0 Å². The average molecular weight is 331 g/mol. The molecule has 5 nitrogen and oxygen atoms in total. The van der Waals surface area contributed by atoms with Gasteiger partial charge in [0.05, 0.1) is 12.8 Å². The highest BCUT2D eigenvalue weighted by atomic mass is 35.5. The van der Waals surface area contributed by atoms with Crippen molar-refractivity contribution < 1.29 is 4.74 Å². The predicted octanol–water partition coefficient (Wildman–Crippen LogP) is 4.08. The van der Waals surface area contributed by atoms with Gasteiger partial charge in [0, 0.05) is 35.4 Å². The van der Waals surface area contributed by atoms with Crippen LogP contribution in [-0.2, 0) is 6.54 Å². The fourth-order valence-electron chi connectivity index (χ4n) is 2.45. The van der Waals surface area contributed by atoms with E-state index in [9.17, 15) is 0 Å². The Hall–Kier alpha value is -2.24. The second-order valence-corrected chi connectivity index (χ2v) is 5.53. The van der Waals surface area contributed by atoms with Gasteiger partial charge in [0.15, 0.2) is 5.15 Å². The van der Waals surface area contributed by atoms with Crippen LogP contribution < -0.4 is 15.4 Å². The lowest BCUT2D eigenvalue weighted by atomic mass is 10.1. The van der Waals surface area contributed by atoms with Gasteiger partial charge in [0.1, 0.15) is 0 Å². The molecule has 3 aromatic rings. The van der Waals surface area contributed by atoms with E-state index >= 15 is 0 Å². The standard InChI is InChI=1S/C17H19ClN4O/c1-3-19-9-11-10-20-15-8-12(4-5-13(11)15)21-14-6-7-16(23-2)22-17(14)18/h4-8,10,19-21H,3,9H2,1-2H3. The van der Waals surface area contributed by atoms with Crippen LogP contribution in [0.15, 0.2) is 36.5 Å². The van der Waals surface area contributed by atoms with Crippen molar-refractivity contribution >= 4 is 33.9 Å². The third-order valence-electron chi connectivity index (χ3n) is 3.64. The van der Waals surface area contributed by atoms with Gasteiger partial charge in [-0.15, -0.1) is 0 Å². The number of pyridine rings is 1. The molecule has 3 N–H and O–H groups in total. The van der Waals surface area contributed by atoms with Crippen LogP contribution in [0.25, 0.3) is 10.9 Å². The molecule has 2 heterocycles. The minimum absolute atomic E-state index is 0.378. The lowest BCUT2D eigenvalue weighted by Crippen LogP contribution is -2.11. The summed E-state index contributed by atoms with van der Waals surface area (Å²) in [7, 11) is 1.57. The zero-order valence-electron chi connectivity index (χ0n) is 13.1. The summed E-state index contributed by atoms with van der Waals surface area (Å²) in [6.45, 7) is 3.91. The summed E-state index contributed by atoms with van der Waals surface area (Å²) in [6, 6.07) is 9.82. The topological polar surface area (TPSA) is 62.0 Å². The third kappa shape index (κ3) is 3.41. The van der Waals surface area contributed by atoms with Gasteiger partial charge in [-0.2, -0.15) is 4.98 Å². The maximum Gasteiger partial charge on any atom is 0.214 e. The Balaban J connectivity index is 1.83. The Labute approximate surface area is 140 Å². The lowest BCUT2D eigenvalue weighted by molar-refractivity contribution is 0.398. The predicted molar refractivity (Wildman–Crippen MR) is 94.8 cm³/mol. The first-order valence-corrected chi connectivity index (χ1v) is 7.87. The van der Waals surface area contributed by atoms with E-state index in [1.807, 2.05) is 18.3 Å². The van der Waals surface area contributed by atoms with Crippen LogP contribution in [-0.4, -0.2) is 23.6 Å². The average Bonchev–Trinajstić information content (AvgIpc) is 2.97. The van der Waals surface area contributed by atoms with Gasteiger partial charge in [-0.3, -0.25) is 0 Å². The molecule has 0 unspecified atom stereocenters. The van der Waals surface area contributed by atoms with Crippen molar-refractivity contribution in [3.63, 3.8) is 0 Å². The van der Waals surface area contributed by atoms with Crippen LogP contribution in [0.1, 0.15) is 12.5 Å². The van der Waals surface area contributed by atoms with Gasteiger partial charge >= 0.3 is 0 Å². The van der Waals surface area contributed by atoms with Crippen LogP contribution in [0.4, 0.5) is 11.4 Å². The van der Waals surface area contributed by atoms with Gasteiger partial charge in [0.2, 0.25) is 5.88 Å². The molecule has 0 atom stereocenters. The molecule has 23 heavy (non-hydrogen) atoms.